The molecular formula is C21H20ClN6O4S2-. The second-order valence-electron chi connectivity index (χ2n) is 6.91. The predicted molar refractivity (Wildman–Crippen MR) is 126 cm³/mol. The number of H-pyrrole nitrogens is 1. The summed E-state index contributed by atoms with van der Waals surface area (Å²) in [7, 11) is -2.26. The number of anilines is 2. The summed E-state index contributed by atoms with van der Waals surface area (Å²) < 4.78 is 32.6. The van der Waals surface area contributed by atoms with Crippen molar-refractivity contribution in [2.75, 3.05) is 22.9 Å². The van der Waals surface area contributed by atoms with Crippen molar-refractivity contribution in [3.05, 3.63) is 60.4 Å². The second kappa shape index (κ2) is 10.7. The number of rotatable bonds is 8. The third-order valence-electron chi connectivity index (χ3n) is 4.48. The highest BCUT2D eigenvalue weighted by Crippen LogP contribution is 2.23. The van der Waals surface area contributed by atoms with Crippen molar-refractivity contribution in [2.45, 2.75) is 17.0 Å². The molecule has 0 aliphatic carbocycles. The van der Waals surface area contributed by atoms with Crippen LogP contribution in [0, 0.1) is 6.92 Å². The number of ether oxygens (including phenoxy) is 1. The molecule has 2 aromatic heterocycles. The Bertz CT molecular complexity index is 1410. The molecule has 0 saturated heterocycles. The molecule has 13 heteroatoms. The van der Waals surface area contributed by atoms with Crippen LogP contribution in [0.4, 0.5) is 11.6 Å². The normalized spacial score (nSPS) is 11.0. The fourth-order valence-electron chi connectivity index (χ4n) is 2.89. The number of amides is 1. The number of aryl methyl sites for hydroxylation is 1. The molecule has 4 rings (SSSR count). The monoisotopic (exact) mass is 519 g/mol. The lowest BCUT2D eigenvalue weighted by atomic mass is 10.3. The van der Waals surface area contributed by atoms with Crippen LogP contribution in [0.5, 0.6) is 5.75 Å². The van der Waals surface area contributed by atoms with Crippen molar-refractivity contribution in [1.29, 1.82) is 0 Å². The number of hydrogen-bond acceptors (Lipinski definition) is 8. The quantitative estimate of drug-likeness (QED) is 0.281. The van der Waals surface area contributed by atoms with E-state index < -0.39 is 10.0 Å². The number of nitrogens with zero attached hydrogens (tertiary/aromatic N) is 3. The summed E-state index contributed by atoms with van der Waals surface area (Å²) in [5.74, 6) is 0.587. The molecule has 3 N–H and O–H groups in total. The summed E-state index contributed by atoms with van der Waals surface area (Å²) >= 11 is 1.26. The Kier molecular flexibility index (Phi) is 7.97. The highest BCUT2D eigenvalue weighted by molar-refractivity contribution is 7.99. The van der Waals surface area contributed by atoms with E-state index in [1.54, 1.807) is 20.1 Å². The maximum atomic E-state index is 12.5. The maximum absolute atomic E-state index is 12.5. The third kappa shape index (κ3) is 6.16. The molecule has 0 saturated carbocycles. The minimum absolute atomic E-state index is 0. The van der Waals surface area contributed by atoms with Gasteiger partial charge in [0.2, 0.25) is 11.9 Å². The molecule has 2 heterocycles. The molecule has 0 bridgehead atoms. The van der Waals surface area contributed by atoms with Gasteiger partial charge < -0.3 is 27.4 Å². The standard InChI is InChI=1S/C21H20N6O4S2.ClH/c1-13-9-10-22-20(23-13)27-33(29,30)16-6-3-14(4-7-16)24-19(28)12-32-21-25-17-8-5-15(31-2)11-18(17)26-21;/h3-11H,12H2,1-2H3,(H,24,28)(H,25,26)(H,22,23,27);1H/p-1. The Morgan fingerprint density at radius 1 is 1.12 bits per heavy atom. The average Bonchev–Trinajstić information content (AvgIpc) is 3.20. The van der Waals surface area contributed by atoms with Crippen molar-refractivity contribution in [1.82, 2.24) is 19.9 Å². The predicted octanol–water partition coefficient (Wildman–Crippen LogP) is 0.206. The van der Waals surface area contributed by atoms with Crippen LogP contribution in [0.1, 0.15) is 5.69 Å². The summed E-state index contributed by atoms with van der Waals surface area (Å²) in [5.41, 5.74) is 2.71. The average molecular weight is 520 g/mol. The van der Waals surface area contributed by atoms with Gasteiger partial charge in [-0.2, -0.15) is 0 Å². The molecule has 0 fully saturated rings. The number of benzene rings is 2. The summed E-state index contributed by atoms with van der Waals surface area (Å²) in [6.45, 7) is 1.74. The molecule has 34 heavy (non-hydrogen) atoms. The van der Waals surface area contributed by atoms with E-state index in [9.17, 15) is 13.2 Å². The van der Waals surface area contributed by atoms with Gasteiger partial charge >= 0.3 is 0 Å². The smallest absolute Gasteiger partial charge is 0.264 e. The zero-order chi connectivity index (χ0) is 23.4. The number of nitrogens with one attached hydrogen (secondary N) is 3. The van der Waals surface area contributed by atoms with E-state index in [-0.39, 0.29) is 34.9 Å². The number of thioether (sulfide) groups is 1. The highest BCUT2D eigenvalue weighted by atomic mass is 35.5. The van der Waals surface area contributed by atoms with Gasteiger partial charge in [0, 0.05) is 23.6 Å². The lowest BCUT2D eigenvalue weighted by Gasteiger charge is -2.08. The summed E-state index contributed by atoms with van der Waals surface area (Å²) in [6, 6.07) is 13.0. The van der Waals surface area contributed by atoms with E-state index in [0.717, 1.165) is 11.0 Å². The summed E-state index contributed by atoms with van der Waals surface area (Å²) in [5, 5.41) is 3.35. The Morgan fingerprint density at radius 2 is 1.88 bits per heavy atom. The van der Waals surface area contributed by atoms with Gasteiger partial charge in [-0.25, -0.2) is 28.1 Å². The first-order chi connectivity index (χ1) is 15.8. The van der Waals surface area contributed by atoms with Crippen LogP contribution in [0.25, 0.3) is 11.0 Å². The number of hydrogen-bond donors (Lipinski definition) is 3. The number of carbonyl (C=O) groups excluding carboxylic acids is 1. The Labute approximate surface area is 206 Å². The largest absolute Gasteiger partial charge is 1.00 e. The van der Waals surface area contributed by atoms with Gasteiger partial charge in [0.25, 0.3) is 10.0 Å². The number of fused-ring (bicyclic) bond motifs is 1. The van der Waals surface area contributed by atoms with E-state index in [2.05, 4.69) is 30.0 Å². The van der Waals surface area contributed by atoms with Crippen molar-refractivity contribution < 1.29 is 30.4 Å². The Hall–Kier alpha value is -3.35. The molecule has 178 valence electrons. The van der Waals surface area contributed by atoms with Gasteiger partial charge in [-0.1, -0.05) is 11.8 Å². The Morgan fingerprint density at radius 3 is 2.59 bits per heavy atom. The molecule has 0 aliphatic rings. The second-order valence-corrected chi connectivity index (χ2v) is 9.56. The fourth-order valence-corrected chi connectivity index (χ4v) is 4.52. The third-order valence-corrected chi connectivity index (χ3v) is 6.69. The van der Waals surface area contributed by atoms with Gasteiger partial charge in [-0.15, -0.1) is 0 Å². The lowest BCUT2D eigenvalue weighted by molar-refractivity contribution is -0.113. The van der Waals surface area contributed by atoms with Crippen LogP contribution < -0.4 is 27.2 Å². The molecule has 1 amide bonds. The topological polar surface area (TPSA) is 139 Å². The number of aromatic amines is 1. The molecule has 2 aromatic carbocycles. The summed E-state index contributed by atoms with van der Waals surface area (Å²) in [4.78, 5) is 27.9. The van der Waals surface area contributed by atoms with Crippen LogP contribution in [0.15, 0.2) is 64.8 Å². The van der Waals surface area contributed by atoms with E-state index in [0.29, 0.717) is 22.3 Å². The maximum Gasteiger partial charge on any atom is 0.264 e. The van der Waals surface area contributed by atoms with Crippen LogP contribution in [0.2, 0.25) is 0 Å². The number of imidazole rings is 1. The molecular weight excluding hydrogens is 500 g/mol. The minimum Gasteiger partial charge on any atom is -1.00 e. The first-order valence-corrected chi connectivity index (χ1v) is 12.2. The zero-order valence-electron chi connectivity index (χ0n) is 18.1. The van der Waals surface area contributed by atoms with Crippen molar-refractivity contribution in [3.8, 4) is 5.75 Å². The number of methoxy groups -OCH3 is 1. The highest BCUT2D eigenvalue weighted by Gasteiger charge is 2.16. The number of carbonyl (C=O) groups is 1. The molecule has 0 atom stereocenters. The van der Waals surface area contributed by atoms with Crippen molar-refractivity contribution in [3.63, 3.8) is 0 Å². The molecule has 10 nitrogen and oxygen atoms in total. The van der Waals surface area contributed by atoms with Crippen molar-refractivity contribution in [2.24, 2.45) is 0 Å². The lowest BCUT2D eigenvalue weighted by Crippen LogP contribution is -3.00. The first kappa shape index (κ1) is 25.3. The van der Waals surface area contributed by atoms with Crippen molar-refractivity contribution >= 4 is 50.4 Å². The molecule has 4 aromatic rings. The van der Waals surface area contributed by atoms with E-state index in [4.69, 9.17) is 4.74 Å². The first-order valence-electron chi connectivity index (χ1n) is 9.71. The van der Waals surface area contributed by atoms with Gasteiger partial charge in [0.1, 0.15) is 5.75 Å². The van der Waals surface area contributed by atoms with E-state index in [1.807, 2.05) is 18.2 Å². The Balaban J connectivity index is 0.00000324. The van der Waals surface area contributed by atoms with Gasteiger partial charge in [0.05, 0.1) is 28.8 Å². The fraction of sp³-hybridized carbons (Fsp3) is 0.143. The van der Waals surface area contributed by atoms with Crippen LogP contribution in [-0.2, 0) is 14.8 Å². The number of aromatic nitrogens is 4. The SMILES string of the molecule is COc1ccc2nc(SCC(=O)Nc3ccc(S(=O)(=O)Nc4nccc(C)n4)cc3)[nH]c2c1.[Cl-]. The molecule has 0 unspecified atom stereocenters. The van der Waals surface area contributed by atoms with Gasteiger partial charge in [-0.3, -0.25) is 4.79 Å². The summed E-state index contributed by atoms with van der Waals surface area (Å²) in [6.07, 6.45) is 1.47. The van der Waals surface area contributed by atoms with Gasteiger partial charge in [0.15, 0.2) is 5.16 Å². The molecule has 0 spiro atoms. The molecule has 0 aliphatic heterocycles. The minimum atomic E-state index is -3.85. The van der Waals surface area contributed by atoms with E-state index >= 15 is 0 Å². The number of sulfonamides is 1. The van der Waals surface area contributed by atoms with Crippen LogP contribution in [0.3, 0.4) is 0 Å². The zero-order valence-corrected chi connectivity index (χ0v) is 20.5. The van der Waals surface area contributed by atoms with Crippen LogP contribution in [-0.4, -0.2) is 47.1 Å². The number of halogens is 1. The van der Waals surface area contributed by atoms with E-state index in [1.165, 1.54) is 42.2 Å². The van der Waals surface area contributed by atoms with Crippen LogP contribution >= 0.6 is 11.8 Å². The van der Waals surface area contributed by atoms with Gasteiger partial charge in [-0.05, 0) is 49.4 Å². The molecule has 0 radical (unpaired) electrons.